The van der Waals surface area contributed by atoms with E-state index in [4.69, 9.17) is 9.47 Å². The third-order valence-electron chi connectivity index (χ3n) is 4.74. The lowest BCUT2D eigenvalue weighted by Crippen LogP contribution is -2.23. The second-order valence-electron chi connectivity index (χ2n) is 6.68. The van der Waals surface area contributed by atoms with Crippen molar-refractivity contribution in [3.63, 3.8) is 0 Å². The first kappa shape index (κ1) is 20.7. The number of amides is 1. The predicted molar refractivity (Wildman–Crippen MR) is 117 cm³/mol. The summed E-state index contributed by atoms with van der Waals surface area (Å²) >= 11 is 1.13. The van der Waals surface area contributed by atoms with Crippen molar-refractivity contribution in [2.45, 2.75) is 13.5 Å². The van der Waals surface area contributed by atoms with Crippen LogP contribution in [-0.2, 0) is 16.1 Å². The summed E-state index contributed by atoms with van der Waals surface area (Å²) in [5, 5.41) is 1.79. The number of carbonyl (C=O) groups is 2. The van der Waals surface area contributed by atoms with E-state index >= 15 is 0 Å². The third kappa shape index (κ3) is 4.06. The highest BCUT2D eigenvalue weighted by atomic mass is 32.1. The molecule has 0 aliphatic heterocycles. The monoisotopic (exact) mass is 438 g/mol. The molecule has 0 unspecified atom stereocenters. The van der Waals surface area contributed by atoms with Crippen molar-refractivity contribution in [1.82, 2.24) is 4.57 Å². The van der Waals surface area contributed by atoms with E-state index in [1.807, 2.05) is 24.3 Å². The second kappa shape index (κ2) is 8.69. The molecule has 0 radical (unpaired) electrons. The number of halogens is 1. The van der Waals surface area contributed by atoms with E-state index in [9.17, 15) is 14.0 Å². The molecular formula is C23H19FN2O4S. The molecule has 0 atom stereocenters. The van der Waals surface area contributed by atoms with Gasteiger partial charge in [0.15, 0.2) is 4.80 Å². The molecule has 0 bridgehead atoms. The van der Waals surface area contributed by atoms with Gasteiger partial charge in [0.1, 0.15) is 18.1 Å². The summed E-state index contributed by atoms with van der Waals surface area (Å²) in [4.78, 5) is 29.6. The molecular weight excluding hydrogens is 419 g/mol. The first-order valence-corrected chi connectivity index (χ1v) is 10.4. The SMILES string of the molecule is CCOC(=O)Cn1c(=NC(=O)c2cc3ccccc3cc2OC)sc2cccc(F)c21. The Hall–Kier alpha value is -3.52. The van der Waals surface area contributed by atoms with E-state index in [0.717, 1.165) is 22.1 Å². The fourth-order valence-corrected chi connectivity index (χ4v) is 4.40. The number of rotatable bonds is 5. The van der Waals surface area contributed by atoms with E-state index < -0.39 is 17.7 Å². The minimum Gasteiger partial charge on any atom is -0.496 e. The number of hydrogen-bond donors (Lipinski definition) is 0. The molecule has 0 N–H and O–H groups in total. The lowest BCUT2D eigenvalue weighted by Gasteiger charge is -2.08. The summed E-state index contributed by atoms with van der Waals surface area (Å²) in [5.41, 5.74) is 0.486. The first-order chi connectivity index (χ1) is 15.0. The standard InChI is InChI=1S/C23H19FN2O4S/c1-3-30-20(27)13-26-21-17(24)9-6-10-19(21)31-23(26)25-22(28)16-11-14-7-4-5-8-15(14)12-18(16)29-2/h4-12H,3,13H2,1-2H3. The zero-order valence-electron chi connectivity index (χ0n) is 16.9. The smallest absolute Gasteiger partial charge is 0.326 e. The average Bonchev–Trinajstić information content (AvgIpc) is 3.10. The maximum atomic E-state index is 14.5. The maximum Gasteiger partial charge on any atom is 0.326 e. The summed E-state index contributed by atoms with van der Waals surface area (Å²) in [6.07, 6.45) is 0. The zero-order chi connectivity index (χ0) is 22.0. The van der Waals surface area contributed by atoms with Crippen LogP contribution in [-0.4, -0.2) is 30.2 Å². The lowest BCUT2D eigenvalue weighted by atomic mass is 10.1. The van der Waals surface area contributed by atoms with Crippen LogP contribution in [0.1, 0.15) is 17.3 Å². The van der Waals surface area contributed by atoms with Crippen LogP contribution < -0.4 is 9.54 Å². The van der Waals surface area contributed by atoms with Crippen molar-refractivity contribution in [3.05, 3.63) is 70.8 Å². The van der Waals surface area contributed by atoms with Gasteiger partial charge in [-0.25, -0.2) is 4.39 Å². The van der Waals surface area contributed by atoms with Gasteiger partial charge in [0.2, 0.25) is 0 Å². The van der Waals surface area contributed by atoms with Crippen LogP contribution in [0.4, 0.5) is 4.39 Å². The van der Waals surface area contributed by atoms with Crippen molar-refractivity contribution in [1.29, 1.82) is 0 Å². The topological polar surface area (TPSA) is 69.9 Å². The number of carbonyl (C=O) groups excluding carboxylic acids is 2. The molecule has 158 valence electrons. The zero-order valence-corrected chi connectivity index (χ0v) is 17.7. The Labute approximate surface area is 181 Å². The number of benzene rings is 3. The first-order valence-electron chi connectivity index (χ1n) is 9.61. The molecule has 1 aromatic heterocycles. The molecule has 1 amide bonds. The minimum atomic E-state index is -0.549. The molecule has 4 aromatic rings. The van der Waals surface area contributed by atoms with Crippen LogP contribution in [0.3, 0.4) is 0 Å². The Balaban J connectivity index is 1.87. The number of methoxy groups -OCH3 is 1. The molecule has 0 aliphatic rings. The molecule has 31 heavy (non-hydrogen) atoms. The third-order valence-corrected chi connectivity index (χ3v) is 5.78. The number of ether oxygens (including phenoxy) is 2. The number of para-hydroxylation sites is 1. The van der Waals surface area contributed by atoms with Crippen molar-refractivity contribution in [2.75, 3.05) is 13.7 Å². The maximum absolute atomic E-state index is 14.5. The van der Waals surface area contributed by atoms with E-state index in [2.05, 4.69) is 4.99 Å². The van der Waals surface area contributed by atoms with Crippen LogP contribution in [0.2, 0.25) is 0 Å². The molecule has 8 heteroatoms. The largest absolute Gasteiger partial charge is 0.496 e. The highest BCUT2D eigenvalue weighted by molar-refractivity contribution is 7.16. The fraction of sp³-hybridized carbons (Fsp3) is 0.174. The summed E-state index contributed by atoms with van der Waals surface area (Å²) < 4.78 is 26.9. The Kier molecular flexibility index (Phi) is 5.81. The molecule has 0 aliphatic carbocycles. The lowest BCUT2D eigenvalue weighted by molar-refractivity contribution is -0.143. The number of esters is 1. The number of hydrogen-bond acceptors (Lipinski definition) is 5. The summed E-state index contributed by atoms with van der Waals surface area (Å²) in [6, 6.07) is 15.7. The van der Waals surface area contributed by atoms with Gasteiger partial charge >= 0.3 is 5.97 Å². The normalized spacial score (nSPS) is 11.8. The Morgan fingerprint density at radius 3 is 2.55 bits per heavy atom. The predicted octanol–water partition coefficient (Wildman–Crippen LogP) is 4.31. The van der Waals surface area contributed by atoms with Crippen LogP contribution in [0, 0.1) is 5.82 Å². The van der Waals surface area contributed by atoms with Gasteiger partial charge in [0.25, 0.3) is 5.91 Å². The molecule has 0 saturated heterocycles. The van der Waals surface area contributed by atoms with E-state index in [0.29, 0.717) is 10.4 Å². The van der Waals surface area contributed by atoms with Crippen LogP contribution in [0.25, 0.3) is 21.0 Å². The molecule has 0 fully saturated rings. The quantitative estimate of drug-likeness (QED) is 0.436. The highest BCUT2D eigenvalue weighted by Gasteiger charge is 2.17. The van der Waals surface area contributed by atoms with E-state index in [1.165, 1.54) is 17.7 Å². The van der Waals surface area contributed by atoms with Gasteiger partial charge in [-0.1, -0.05) is 41.7 Å². The minimum absolute atomic E-state index is 0.198. The number of fused-ring (bicyclic) bond motifs is 2. The van der Waals surface area contributed by atoms with Gasteiger partial charge in [0, 0.05) is 0 Å². The van der Waals surface area contributed by atoms with Crippen LogP contribution in [0.15, 0.2) is 59.6 Å². The van der Waals surface area contributed by atoms with Crippen LogP contribution >= 0.6 is 11.3 Å². The van der Waals surface area contributed by atoms with Gasteiger partial charge < -0.3 is 14.0 Å². The summed E-state index contributed by atoms with van der Waals surface area (Å²) in [7, 11) is 1.48. The fourth-order valence-electron chi connectivity index (χ4n) is 3.36. The van der Waals surface area contributed by atoms with Gasteiger partial charge in [-0.3, -0.25) is 9.59 Å². The van der Waals surface area contributed by atoms with Crippen LogP contribution in [0.5, 0.6) is 5.75 Å². The van der Waals surface area contributed by atoms with Crippen molar-refractivity contribution >= 4 is 44.2 Å². The van der Waals surface area contributed by atoms with E-state index in [1.54, 1.807) is 31.2 Å². The van der Waals surface area contributed by atoms with Crippen molar-refractivity contribution in [2.24, 2.45) is 4.99 Å². The Morgan fingerprint density at radius 1 is 1.10 bits per heavy atom. The summed E-state index contributed by atoms with van der Waals surface area (Å²) in [5.74, 6) is -1.21. The van der Waals surface area contributed by atoms with Gasteiger partial charge in [-0.15, -0.1) is 0 Å². The molecule has 0 saturated carbocycles. The summed E-state index contributed by atoms with van der Waals surface area (Å²) in [6.45, 7) is 1.63. The van der Waals surface area contributed by atoms with Gasteiger partial charge in [-0.2, -0.15) is 4.99 Å². The molecule has 1 heterocycles. The van der Waals surface area contributed by atoms with Crippen molar-refractivity contribution in [3.8, 4) is 5.75 Å². The second-order valence-corrected chi connectivity index (χ2v) is 7.69. The molecule has 4 rings (SSSR count). The average molecular weight is 438 g/mol. The Bertz CT molecular complexity index is 1370. The molecule has 6 nitrogen and oxygen atoms in total. The molecule has 3 aromatic carbocycles. The van der Waals surface area contributed by atoms with E-state index in [-0.39, 0.29) is 29.0 Å². The molecule has 0 spiro atoms. The Morgan fingerprint density at radius 2 is 1.84 bits per heavy atom. The highest BCUT2D eigenvalue weighted by Crippen LogP contribution is 2.27. The number of aromatic nitrogens is 1. The van der Waals surface area contributed by atoms with Crippen molar-refractivity contribution < 1.29 is 23.5 Å². The van der Waals surface area contributed by atoms with Gasteiger partial charge in [0.05, 0.1) is 29.5 Å². The number of thiazole rings is 1. The van der Waals surface area contributed by atoms with Gasteiger partial charge in [-0.05, 0) is 42.0 Å². The number of nitrogens with zero attached hydrogens (tertiary/aromatic N) is 2.